The number of thiazole rings is 1. The Balaban J connectivity index is 1.96. The van der Waals surface area contributed by atoms with Gasteiger partial charge in [0.25, 0.3) is 0 Å². The van der Waals surface area contributed by atoms with Crippen molar-refractivity contribution in [3.63, 3.8) is 0 Å². The molecule has 7 nitrogen and oxygen atoms in total. The number of nitrogens with two attached hydrogens (primary N) is 1. The molecule has 3 rings (SSSR count). The lowest BCUT2D eigenvalue weighted by atomic mass is 10.3. The Hall–Kier alpha value is -1.96. The number of nitrogens with zero attached hydrogens (tertiary/aromatic N) is 4. The van der Waals surface area contributed by atoms with Gasteiger partial charge in [0.2, 0.25) is 0 Å². The van der Waals surface area contributed by atoms with E-state index in [9.17, 15) is 4.79 Å². The second-order valence-electron chi connectivity index (χ2n) is 4.66. The minimum atomic E-state index is -0.419. The summed E-state index contributed by atoms with van der Waals surface area (Å²) in [7, 11) is 0. The standard InChI is InChI=1S/C12H15N5O2S/c1-2-19-11(18)9-8(16-12(13)20-9)10-14-6-15-17(10)5-7-3-4-7/h6-7H,2-5H2,1H3,(H2,13,16). The third-order valence-corrected chi connectivity index (χ3v) is 3.92. The first-order valence-corrected chi connectivity index (χ1v) is 7.32. The number of hydrogen-bond acceptors (Lipinski definition) is 7. The molecule has 1 fully saturated rings. The molecule has 8 heteroatoms. The molecule has 2 aromatic heterocycles. The molecule has 0 atom stereocenters. The number of ether oxygens (including phenoxy) is 1. The molecule has 1 aliphatic carbocycles. The van der Waals surface area contributed by atoms with Crippen LogP contribution in [0.25, 0.3) is 11.5 Å². The normalized spacial score (nSPS) is 14.4. The van der Waals surface area contributed by atoms with Gasteiger partial charge in [0.1, 0.15) is 16.9 Å². The fraction of sp³-hybridized carbons (Fsp3) is 0.500. The molecule has 0 saturated heterocycles. The zero-order valence-corrected chi connectivity index (χ0v) is 11.9. The van der Waals surface area contributed by atoms with Gasteiger partial charge in [-0.25, -0.2) is 19.4 Å². The average Bonchev–Trinajstić information content (AvgIpc) is 2.96. The number of carbonyl (C=O) groups is 1. The van der Waals surface area contributed by atoms with Crippen molar-refractivity contribution in [2.24, 2.45) is 5.92 Å². The number of aromatic nitrogens is 4. The summed E-state index contributed by atoms with van der Waals surface area (Å²) < 4.78 is 6.82. The van der Waals surface area contributed by atoms with Crippen molar-refractivity contribution in [1.29, 1.82) is 0 Å². The van der Waals surface area contributed by atoms with Gasteiger partial charge in [-0.3, -0.25) is 0 Å². The summed E-state index contributed by atoms with van der Waals surface area (Å²) in [5.74, 6) is 0.808. The van der Waals surface area contributed by atoms with E-state index in [0.29, 0.717) is 34.1 Å². The highest BCUT2D eigenvalue weighted by atomic mass is 32.1. The minimum absolute atomic E-state index is 0.310. The fourth-order valence-corrected chi connectivity index (χ4v) is 2.67. The van der Waals surface area contributed by atoms with Crippen molar-refractivity contribution in [1.82, 2.24) is 19.7 Å². The zero-order valence-electron chi connectivity index (χ0n) is 11.1. The van der Waals surface area contributed by atoms with Gasteiger partial charge in [-0.1, -0.05) is 11.3 Å². The first-order valence-electron chi connectivity index (χ1n) is 6.50. The lowest BCUT2D eigenvalue weighted by Gasteiger charge is -2.04. The van der Waals surface area contributed by atoms with Crippen molar-refractivity contribution in [3.8, 4) is 11.5 Å². The Morgan fingerprint density at radius 3 is 3.10 bits per heavy atom. The van der Waals surface area contributed by atoms with Crippen molar-refractivity contribution in [3.05, 3.63) is 11.2 Å². The van der Waals surface area contributed by atoms with Gasteiger partial charge in [0, 0.05) is 6.54 Å². The third kappa shape index (κ3) is 2.51. The number of esters is 1. The smallest absolute Gasteiger partial charge is 0.350 e. The largest absolute Gasteiger partial charge is 0.462 e. The molecule has 0 bridgehead atoms. The summed E-state index contributed by atoms with van der Waals surface area (Å²) >= 11 is 1.11. The van der Waals surface area contributed by atoms with Crippen LogP contribution in [0, 0.1) is 5.92 Å². The molecule has 0 aromatic carbocycles. The van der Waals surface area contributed by atoms with E-state index in [1.807, 2.05) is 0 Å². The summed E-state index contributed by atoms with van der Waals surface area (Å²) in [5, 5.41) is 4.53. The van der Waals surface area contributed by atoms with E-state index in [1.54, 1.807) is 11.6 Å². The van der Waals surface area contributed by atoms with Crippen molar-refractivity contribution in [2.75, 3.05) is 12.3 Å². The highest BCUT2D eigenvalue weighted by Crippen LogP contribution is 2.33. The average molecular weight is 293 g/mol. The van der Waals surface area contributed by atoms with Crippen LogP contribution in [-0.2, 0) is 11.3 Å². The predicted octanol–water partition coefficient (Wildman–Crippen LogP) is 1.57. The van der Waals surface area contributed by atoms with Gasteiger partial charge in [-0.15, -0.1) is 0 Å². The highest BCUT2D eigenvalue weighted by Gasteiger charge is 2.27. The van der Waals surface area contributed by atoms with E-state index in [2.05, 4.69) is 15.1 Å². The third-order valence-electron chi connectivity index (χ3n) is 3.06. The molecule has 1 aliphatic rings. The van der Waals surface area contributed by atoms with Crippen LogP contribution in [0.3, 0.4) is 0 Å². The summed E-state index contributed by atoms with van der Waals surface area (Å²) in [6.07, 6.45) is 3.90. The summed E-state index contributed by atoms with van der Waals surface area (Å²) in [6, 6.07) is 0. The summed E-state index contributed by atoms with van der Waals surface area (Å²) in [5.41, 5.74) is 6.19. The molecule has 2 heterocycles. The molecule has 0 spiro atoms. The van der Waals surface area contributed by atoms with Crippen LogP contribution in [0.4, 0.5) is 5.13 Å². The molecule has 2 aromatic rings. The van der Waals surface area contributed by atoms with E-state index in [1.165, 1.54) is 19.2 Å². The molecular formula is C12H15N5O2S. The Morgan fingerprint density at radius 2 is 2.40 bits per heavy atom. The minimum Gasteiger partial charge on any atom is -0.462 e. The van der Waals surface area contributed by atoms with Crippen molar-refractivity contribution >= 4 is 22.4 Å². The van der Waals surface area contributed by atoms with Crippen molar-refractivity contribution in [2.45, 2.75) is 26.3 Å². The van der Waals surface area contributed by atoms with Crippen LogP contribution < -0.4 is 5.73 Å². The van der Waals surface area contributed by atoms with Crippen LogP contribution in [0.1, 0.15) is 29.4 Å². The SMILES string of the molecule is CCOC(=O)c1sc(N)nc1-c1ncnn1CC1CC1. The van der Waals surface area contributed by atoms with E-state index in [-0.39, 0.29) is 0 Å². The zero-order chi connectivity index (χ0) is 14.1. The molecule has 0 radical (unpaired) electrons. The van der Waals surface area contributed by atoms with E-state index in [0.717, 1.165) is 17.9 Å². The van der Waals surface area contributed by atoms with E-state index in [4.69, 9.17) is 10.5 Å². The van der Waals surface area contributed by atoms with Gasteiger partial charge >= 0.3 is 5.97 Å². The van der Waals surface area contributed by atoms with Crippen molar-refractivity contribution < 1.29 is 9.53 Å². The van der Waals surface area contributed by atoms with Crippen LogP contribution in [0.2, 0.25) is 0 Å². The Labute approximate surface area is 119 Å². The van der Waals surface area contributed by atoms with Crippen LogP contribution >= 0.6 is 11.3 Å². The monoisotopic (exact) mass is 293 g/mol. The lowest BCUT2D eigenvalue weighted by Crippen LogP contribution is -2.08. The number of anilines is 1. The summed E-state index contributed by atoms with van der Waals surface area (Å²) in [6.45, 7) is 2.87. The lowest BCUT2D eigenvalue weighted by molar-refractivity contribution is 0.0532. The molecule has 0 unspecified atom stereocenters. The number of carbonyl (C=O) groups excluding carboxylic acids is 1. The summed E-state index contributed by atoms with van der Waals surface area (Å²) in [4.78, 5) is 20.8. The predicted molar refractivity (Wildman–Crippen MR) is 74.2 cm³/mol. The van der Waals surface area contributed by atoms with Crippen LogP contribution in [0.5, 0.6) is 0 Å². The second kappa shape index (κ2) is 5.20. The Kier molecular flexibility index (Phi) is 3.39. The Morgan fingerprint density at radius 1 is 1.60 bits per heavy atom. The van der Waals surface area contributed by atoms with Gasteiger partial charge in [0.15, 0.2) is 11.0 Å². The van der Waals surface area contributed by atoms with Gasteiger partial charge in [0.05, 0.1) is 6.61 Å². The number of hydrogen-bond donors (Lipinski definition) is 1. The maximum Gasteiger partial charge on any atom is 0.350 e. The molecule has 0 amide bonds. The quantitative estimate of drug-likeness (QED) is 0.841. The van der Waals surface area contributed by atoms with E-state index >= 15 is 0 Å². The first-order chi connectivity index (χ1) is 9.69. The van der Waals surface area contributed by atoms with Crippen LogP contribution in [0.15, 0.2) is 6.33 Å². The molecular weight excluding hydrogens is 278 g/mol. The number of rotatable bonds is 5. The maximum atomic E-state index is 12.0. The number of nitrogen functional groups attached to an aromatic ring is 1. The maximum absolute atomic E-state index is 12.0. The fourth-order valence-electron chi connectivity index (χ4n) is 1.95. The van der Waals surface area contributed by atoms with Gasteiger partial charge in [-0.2, -0.15) is 5.10 Å². The molecule has 0 aliphatic heterocycles. The topological polar surface area (TPSA) is 95.9 Å². The molecule has 20 heavy (non-hydrogen) atoms. The van der Waals surface area contributed by atoms with Gasteiger partial charge < -0.3 is 10.5 Å². The molecule has 106 valence electrons. The highest BCUT2D eigenvalue weighted by molar-refractivity contribution is 7.17. The Bertz CT molecular complexity index is 632. The second-order valence-corrected chi connectivity index (χ2v) is 5.69. The molecule has 2 N–H and O–H groups in total. The van der Waals surface area contributed by atoms with Crippen LogP contribution in [-0.4, -0.2) is 32.3 Å². The van der Waals surface area contributed by atoms with E-state index < -0.39 is 5.97 Å². The van der Waals surface area contributed by atoms with Gasteiger partial charge in [-0.05, 0) is 25.7 Å². The molecule has 1 saturated carbocycles. The first kappa shape index (κ1) is 13.0.